The molecule has 0 unspecified atom stereocenters. The zero-order chi connectivity index (χ0) is 19.1. The second-order valence-electron chi connectivity index (χ2n) is 7.50. The average molecular weight is 371 g/mol. The fraction of sp³-hybridized carbons (Fsp3) is 0.261. The molecule has 3 aromatic rings. The summed E-state index contributed by atoms with van der Waals surface area (Å²) in [6, 6.07) is 14.5. The molecule has 2 aliphatic rings. The van der Waals surface area contributed by atoms with E-state index in [-0.39, 0.29) is 17.9 Å². The SMILES string of the molecule is C[C@@H](Oc1cc(-c2ccc3c(c2)N=CC3)cc2ncccc12)[C@H]1CNC(=O)C1. The Hall–Kier alpha value is -3.21. The number of rotatable bonds is 4. The van der Waals surface area contributed by atoms with Crippen LogP contribution in [0, 0.1) is 5.92 Å². The van der Waals surface area contributed by atoms with Crippen molar-refractivity contribution >= 4 is 28.7 Å². The van der Waals surface area contributed by atoms with E-state index in [1.807, 2.05) is 25.3 Å². The van der Waals surface area contributed by atoms with Gasteiger partial charge >= 0.3 is 0 Å². The Morgan fingerprint density at radius 2 is 2.11 bits per heavy atom. The largest absolute Gasteiger partial charge is 0.490 e. The number of carbonyl (C=O) groups excluding carboxylic acids is 1. The quantitative estimate of drug-likeness (QED) is 0.752. The van der Waals surface area contributed by atoms with Crippen molar-refractivity contribution in [2.45, 2.75) is 25.9 Å². The lowest BCUT2D eigenvalue weighted by atomic mass is 9.99. The highest BCUT2D eigenvalue weighted by molar-refractivity contribution is 5.91. The van der Waals surface area contributed by atoms with E-state index in [1.165, 1.54) is 5.56 Å². The number of hydrogen-bond acceptors (Lipinski definition) is 4. The maximum absolute atomic E-state index is 11.6. The van der Waals surface area contributed by atoms with Crippen molar-refractivity contribution in [2.75, 3.05) is 6.54 Å². The van der Waals surface area contributed by atoms with E-state index in [9.17, 15) is 4.79 Å². The van der Waals surface area contributed by atoms with Gasteiger partial charge in [-0.05, 0) is 53.9 Å². The summed E-state index contributed by atoms with van der Waals surface area (Å²) in [5.74, 6) is 1.08. The number of pyridine rings is 1. The lowest BCUT2D eigenvalue weighted by molar-refractivity contribution is -0.119. The summed E-state index contributed by atoms with van der Waals surface area (Å²) in [4.78, 5) is 20.6. The van der Waals surface area contributed by atoms with Gasteiger partial charge in [-0.15, -0.1) is 0 Å². The van der Waals surface area contributed by atoms with Crippen LogP contribution in [0.5, 0.6) is 5.75 Å². The highest BCUT2D eigenvalue weighted by Crippen LogP contribution is 2.36. The van der Waals surface area contributed by atoms with Crippen molar-refractivity contribution in [1.82, 2.24) is 10.3 Å². The Labute approximate surface area is 163 Å². The molecule has 0 spiro atoms. The Kier molecular flexibility index (Phi) is 4.08. The van der Waals surface area contributed by atoms with Crippen molar-refractivity contribution in [3.63, 3.8) is 0 Å². The van der Waals surface area contributed by atoms with Crippen LogP contribution in [-0.2, 0) is 11.2 Å². The summed E-state index contributed by atoms with van der Waals surface area (Å²) in [6.07, 6.45) is 5.09. The molecule has 140 valence electrons. The Morgan fingerprint density at radius 3 is 2.96 bits per heavy atom. The fourth-order valence-corrected chi connectivity index (χ4v) is 3.95. The van der Waals surface area contributed by atoms with E-state index in [2.05, 4.69) is 45.6 Å². The predicted octanol–water partition coefficient (Wildman–Crippen LogP) is 4.06. The molecule has 1 amide bonds. The molecule has 1 fully saturated rings. The second kappa shape index (κ2) is 6.75. The Balaban J connectivity index is 1.54. The summed E-state index contributed by atoms with van der Waals surface area (Å²) >= 11 is 0. The van der Waals surface area contributed by atoms with Crippen LogP contribution >= 0.6 is 0 Å². The third-order valence-corrected chi connectivity index (χ3v) is 5.63. The first kappa shape index (κ1) is 16.9. The van der Waals surface area contributed by atoms with E-state index in [0.29, 0.717) is 13.0 Å². The molecule has 1 aromatic heterocycles. The molecule has 0 saturated carbocycles. The number of aliphatic imine (C=N–C) groups is 1. The zero-order valence-electron chi connectivity index (χ0n) is 15.7. The van der Waals surface area contributed by atoms with Crippen molar-refractivity contribution in [3.8, 4) is 16.9 Å². The van der Waals surface area contributed by atoms with Gasteiger partial charge in [0.2, 0.25) is 5.91 Å². The number of ether oxygens (including phenoxy) is 1. The van der Waals surface area contributed by atoms with Gasteiger partial charge < -0.3 is 10.1 Å². The van der Waals surface area contributed by atoms with Crippen LogP contribution in [0.2, 0.25) is 0 Å². The summed E-state index contributed by atoms with van der Waals surface area (Å²) in [7, 11) is 0. The third-order valence-electron chi connectivity index (χ3n) is 5.63. The normalized spacial score (nSPS) is 18.9. The minimum atomic E-state index is -0.0674. The standard InChI is InChI=1S/C23H21N3O2/c1-14(18-12-23(27)26-13-18)28-22-11-17(10-21-19(22)3-2-7-24-21)16-5-4-15-6-8-25-20(15)9-16/h2-5,7-11,14,18H,6,12-13H2,1H3,(H,26,27)/t14-,18-/m1/s1. The monoisotopic (exact) mass is 371 g/mol. The van der Waals surface area contributed by atoms with Gasteiger partial charge in [-0.1, -0.05) is 12.1 Å². The first-order valence-electron chi connectivity index (χ1n) is 9.65. The first-order chi connectivity index (χ1) is 13.7. The number of benzene rings is 2. The van der Waals surface area contributed by atoms with Crippen LogP contribution in [-0.4, -0.2) is 29.8 Å². The number of hydrogen-bond donors (Lipinski definition) is 1. The zero-order valence-corrected chi connectivity index (χ0v) is 15.7. The molecular weight excluding hydrogens is 350 g/mol. The van der Waals surface area contributed by atoms with E-state index in [4.69, 9.17) is 4.74 Å². The Bertz CT molecular complexity index is 1110. The smallest absolute Gasteiger partial charge is 0.220 e. The van der Waals surface area contributed by atoms with Crippen LogP contribution in [0.4, 0.5) is 5.69 Å². The average Bonchev–Trinajstić information content (AvgIpc) is 3.36. The number of fused-ring (bicyclic) bond motifs is 2. The number of carbonyl (C=O) groups is 1. The molecule has 2 aromatic carbocycles. The van der Waals surface area contributed by atoms with Gasteiger partial charge in [0.1, 0.15) is 11.9 Å². The minimum Gasteiger partial charge on any atom is -0.490 e. The molecular formula is C23H21N3O2. The van der Waals surface area contributed by atoms with Crippen LogP contribution in [0.3, 0.4) is 0 Å². The predicted molar refractivity (Wildman–Crippen MR) is 110 cm³/mol. The van der Waals surface area contributed by atoms with E-state index < -0.39 is 0 Å². The lowest BCUT2D eigenvalue weighted by Crippen LogP contribution is -2.25. The lowest BCUT2D eigenvalue weighted by Gasteiger charge is -2.21. The second-order valence-corrected chi connectivity index (χ2v) is 7.50. The highest BCUT2D eigenvalue weighted by atomic mass is 16.5. The first-order valence-corrected chi connectivity index (χ1v) is 9.65. The van der Waals surface area contributed by atoms with E-state index in [0.717, 1.165) is 39.9 Å². The minimum absolute atomic E-state index is 0.0674. The molecule has 5 nitrogen and oxygen atoms in total. The van der Waals surface area contributed by atoms with Crippen LogP contribution in [0.15, 0.2) is 53.7 Å². The summed E-state index contributed by atoms with van der Waals surface area (Å²) in [5.41, 5.74) is 5.34. The van der Waals surface area contributed by atoms with Crippen LogP contribution < -0.4 is 10.1 Å². The van der Waals surface area contributed by atoms with Gasteiger partial charge in [0, 0.05) is 43.1 Å². The van der Waals surface area contributed by atoms with Gasteiger partial charge in [-0.3, -0.25) is 14.8 Å². The number of nitrogens with one attached hydrogen (secondary N) is 1. The molecule has 2 atom stereocenters. The van der Waals surface area contributed by atoms with E-state index in [1.54, 1.807) is 6.20 Å². The van der Waals surface area contributed by atoms with Crippen LogP contribution in [0.1, 0.15) is 18.9 Å². The summed E-state index contributed by atoms with van der Waals surface area (Å²) in [6.45, 7) is 2.70. The molecule has 2 aliphatic heterocycles. The van der Waals surface area contributed by atoms with Crippen molar-refractivity contribution in [2.24, 2.45) is 10.9 Å². The number of aromatic nitrogens is 1. The molecule has 3 heterocycles. The molecule has 1 saturated heterocycles. The summed E-state index contributed by atoms with van der Waals surface area (Å²) < 4.78 is 6.35. The molecule has 5 rings (SSSR count). The summed E-state index contributed by atoms with van der Waals surface area (Å²) in [5, 5.41) is 3.87. The molecule has 0 radical (unpaired) electrons. The topological polar surface area (TPSA) is 63.6 Å². The third kappa shape index (κ3) is 3.03. The number of nitrogens with zero attached hydrogens (tertiary/aromatic N) is 2. The van der Waals surface area contributed by atoms with Gasteiger partial charge in [-0.25, -0.2) is 0 Å². The van der Waals surface area contributed by atoms with Crippen molar-refractivity contribution in [1.29, 1.82) is 0 Å². The van der Waals surface area contributed by atoms with E-state index >= 15 is 0 Å². The van der Waals surface area contributed by atoms with Gasteiger partial charge in [0.25, 0.3) is 0 Å². The molecule has 28 heavy (non-hydrogen) atoms. The van der Waals surface area contributed by atoms with Crippen molar-refractivity contribution in [3.05, 3.63) is 54.2 Å². The van der Waals surface area contributed by atoms with Gasteiger partial charge in [0.05, 0.1) is 11.2 Å². The maximum atomic E-state index is 11.6. The molecule has 0 bridgehead atoms. The fourth-order valence-electron chi connectivity index (χ4n) is 3.95. The highest BCUT2D eigenvalue weighted by Gasteiger charge is 2.28. The molecule has 5 heteroatoms. The Morgan fingerprint density at radius 1 is 1.18 bits per heavy atom. The van der Waals surface area contributed by atoms with Crippen LogP contribution in [0.25, 0.3) is 22.0 Å². The van der Waals surface area contributed by atoms with Crippen molar-refractivity contribution < 1.29 is 9.53 Å². The molecule has 0 aliphatic carbocycles. The number of amides is 1. The molecule has 1 N–H and O–H groups in total. The maximum Gasteiger partial charge on any atom is 0.220 e. The van der Waals surface area contributed by atoms with Gasteiger partial charge in [0.15, 0.2) is 0 Å². The van der Waals surface area contributed by atoms with Gasteiger partial charge in [-0.2, -0.15) is 0 Å².